The minimum atomic E-state index is -0.114. The van der Waals surface area contributed by atoms with Crippen molar-refractivity contribution >= 4 is 27.5 Å². The quantitative estimate of drug-likeness (QED) is 0.828. The van der Waals surface area contributed by atoms with Gasteiger partial charge in [0.1, 0.15) is 0 Å². The summed E-state index contributed by atoms with van der Waals surface area (Å²) in [5.41, 5.74) is 9.45. The highest BCUT2D eigenvalue weighted by molar-refractivity contribution is 9.10. The summed E-state index contributed by atoms with van der Waals surface area (Å²) in [5.74, 6) is -0.114. The molecule has 4 heteroatoms. The number of rotatable bonds is 2. The Morgan fingerprint density at radius 1 is 1.25 bits per heavy atom. The molecular weight excluding hydrogens is 316 g/mol. The van der Waals surface area contributed by atoms with Gasteiger partial charge in [-0.3, -0.25) is 4.79 Å². The van der Waals surface area contributed by atoms with Gasteiger partial charge in [0.05, 0.1) is 11.6 Å². The van der Waals surface area contributed by atoms with Gasteiger partial charge >= 0.3 is 0 Å². The van der Waals surface area contributed by atoms with Gasteiger partial charge in [0.25, 0.3) is 5.91 Å². The Morgan fingerprint density at radius 3 is 2.85 bits per heavy atom. The Kier molecular flexibility index (Phi) is 3.49. The summed E-state index contributed by atoms with van der Waals surface area (Å²) in [6.07, 6.45) is 1.96. The normalized spacial score (nSPS) is 16.8. The van der Waals surface area contributed by atoms with Gasteiger partial charge in [-0.05, 0) is 42.2 Å². The van der Waals surface area contributed by atoms with Crippen LogP contribution < -0.4 is 11.1 Å². The first-order valence-electron chi connectivity index (χ1n) is 6.59. The van der Waals surface area contributed by atoms with Crippen LogP contribution in [0.5, 0.6) is 0 Å². The van der Waals surface area contributed by atoms with E-state index in [0.29, 0.717) is 11.3 Å². The Labute approximate surface area is 126 Å². The number of carbonyl (C=O) groups is 1. The number of amides is 1. The van der Waals surface area contributed by atoms with Crippen LogP contribution in [0.25, 0.3) is 0 Å². The van der Waals surface area contributed by atoms with E-state index in [9.17, 15) is 4.79 Å². The molecule has 0 bridgehead atoms. The maximum absolute atomic E-state index is 12.3. The van der Waals surface area contributed by atoms with Crippen LogP contribution in [0.3, 0.4) is 0 Å². The predicted molar refractivity (Wildman–Crippen MR) is 83.5 cm³/mol. The summed E-state index contributed by atoms with van der Waals surface area (Å²) in [5, 5.41) is 3.08. The van der Waals surface area contributed by atoms with E-state index in [-0.39, 0.29) is 11.9 Å². The molecule has 2 aromatic rings. The molecule has 0 aromatic heterocycles. The fourth-order valence-electron chi connectivity index (χ4n) is 2.68. The second kappa shape index (κ2) is 5.29. The summed E-state index contributed by atoms with van der Waals surface area (Å²) < 4.78 is 0.873. The van der Waals surface area contributed by atoms with E-state index in [1.54, 1.807) is 12.1 Å². The summed E-state index contributed by atoms with van der Waals surface area (Å²) in [6, 6.07) is 13.7. The molecule has 20 heavy (non-hydrogen) atoms. The summed E-state index contributed by atoms with van der Waals surface area (Å²) in [6.45, 7) is 0. The zero-order valence-corrected chi connectivity index (χ0v) is 12.5. The van der Waals surface area contributed by atoms with Crippen LogP contribution in [-0.4, -0.2) is 5.91 Å². The SMILES string of the molecule is Nc1cc(Br)ccc1C(=O)NC1CCc2ccccc21. The van der Waals surface area contributed by atoms with Crippen LogP contribution >= 0.6 is 15.9 Å². The standard InChI is InChI=1S/C16H15BrN2O/c17-11-6-7-13(14(18)9-11)16(20)19-15-8-5-10-3-1-2-4-12(10)15/h1-4,6-7,9,15H,5,8,18H2,(H,19,20). The molecule has 0 aliphatic heterocycles. The topological polar surface area (TPSA) is 55.1 Å². The number of anilines is 1. The van der Waals surface area contributed by atoms with Crippen LogP contribution in [0, 0.1) is 0 Å². The fraction of sp³-hybridized carbons (Fsp3) is 0.188. The molecule has 2 aromatic carbocycles. The lowest BCUT2D eigenvalue weighted by Gasteiger charge is -2.15. The van der Waals surface area contributed by atoms with Crippen molar-refractivity contribution in [3.05, 3.63) is 63.6 Å². The molecule has 3 nitrogen and oxygen atoms in total. The molecule has 1 aliphatic rings. The van der Waals surface area contributed by atoms with Gasteiger partial charge in [0.2, 0.25) is 0 Å². The molecule has 0 radical (unpaired) electrons. The summed E-state index contributed by atoms with van der Waals surface area (Å²) in [4.78, 5) is 12.3. The average Bonchev–Trinajstić information content (AvgIpc) is 2.82. The van der Waals surface area contributed by atoms with E-state index < -0.39 is 0 Å². The van der Waals surface area contributed by atoms with E-state index in [4.69, 9.17) is 5.73 Å². The number of aryl methyl sites for hydroxylation is 1. The van der Waals surface area contributed by atoms with Gasteiger partial charge < -0.3 is 11.1 Å². The molecule has 102 valence electrons. The first-order chi connectivity index (χ1) is 9.65. The van der Waals surface area contributed by atoms with Crippen molar-refractivity contribution in [3.63, 3.8) is 0 Å². The van der Waals surface area contributed by atoms with Crippen molar-refractivity contribution in [2.75, 3.05) is 5.73 Å². The van der Waals surface area contributed by atoms with Crippen molar-refractivity contribution in [2.45, 2.75) is 18.9 Å². The highest BCUT2D eigenvalue weighted by Crippen LogP contribution is 2.31. The highest BCUT2D eigenvalue weighted by Gasteiger charge is 2.24. The minimum absolute atomic E-state index is 0.0850. The van der Waals surface area contributed by atoms with Crippen molar-refractivity contribution in [2.24, 2.45) is 0 Å². The first kappa shape index (κ1) is 13.2. The second-order valence-electron chi connectivity index (χ2n) is 5.00. The number of fused-ring (bicyclic) bond motifs is 1. The Hall–Kier alpha value is -1.81. The molecule has 3 rings (SSSR count). The van der Waals surface area contributed by atoms with Crippen LogP contribution in [0.1, 0.15) is 33.9 Å². The first-order valence-corrected chi connectivity index (χ1v) is 7.38. The molecule has 0 fully saturated rings. The van der Waals surface area contributed by atoms with Crippen LogP contribution in [0.2, 0.25) is 0 Å². The zero-order chi connectivity index (χ0) is 14.1. The van der Waals surface area contributed by atoms with Gasteiger partial charge in [0, 0.05) is 10.2 Å². The molecule has 1 unspecified atom stereocenters. The molecule has 0 saturated heterocycles. The van der Waals surface area contributed by atoms with E-state index in [1.165, 1.54) is 11.1 Å². The molecule has 1 amide bonds. The molecule has 0 spiro atoms. The number of benzene rings is 2. The third-order valence-corrected chi connectivity index (χ3v) is 4.19. The van der Waals surface area contributed by atoms with Crippen molar-refractivity contribution in [1.29, 1.82) is 0 Å². The van der Waals surface area contributed by atoms with Gasteiger partial charge in [-0.2, -0.15) is 0 Å². The lowest BCUT2D eigenvalue weighted by Crippen LogP contribution is -2.27. The fourth-order valence-corrected chi connectivity index (χ4v) is 3.06. The van der Waals surface area contributed by atoms with Crippen molar-refractivity contribution < 1.29 is 4.79 Å². The van der Waals surface area contributed by atoms with E-state index in [1.807, 2.05) is 18.2 Å². The number of nitrogen functional groups attached to an aromatic ring is 1. The minimum Gasteiger partial charge on any atom is -0.398 e. The summed E-state index contributed by atoms with van der Waals surface area (Å²) >= 11 is 3.34. The number of hydrogen-bond donors (Lipinski definition) is 2. The number of halogens is 1. The second-order valence-corrected chi connectivity index (χ2v) is 5.91. The molecule has 3 N–H and O–H groups in total. The summed E-state index contributed by atoms with van der Waals surface area (Å²) in [7, 11) is 0. The van der Waals surface area contributed by atoms with Crippen LogP contribution in [0.4, 0.5) is 5.69 Å². The Bertz CT molecular complexity index is 669. The average molecular weight is 331 g/mol. The van der Waals surface area contributed by atoms with E-state index in [0.717, 1.165) is 17.3 Å². The molecule has 1 aliphatic carbocycles. The lowest BCUT2D eigenvalue weighted by molar-refractivity contribution is 0.0937. The Morgan fingerprint density at radius 2 is 2.05 bits per heavy atom. The maximum Gasteiger partial charge on any atom is 0.253 e. The van der Waals surface area contributed by atoms with Crippen molar-refractivity contribution in [3.8, 4) is 0 Å². The van der Waals surface area contributed by atoms with Gasteiger partial charge in [0.15, 0.2) is 0 Å². The van der Waals surface area contributed by atoms with Crippen LogP contribution in [0.15, 0.2) is 46.9 Å². The zero-order valence-electron chi connectivity index (χ0n) is 10.9. The molecular formula is C16H15BrN2O. The molecule has 0 saturated carbocycles. The van der Waals surface area contributed by atoms with E-state index in [2.05, 4.69) is 33.4 Å². The van der Waals surface area contributed by atoms with E-state index >= 15 is 0 Å². The lowest BCUT2D eigenvalue weighted by atomic mass is 10.1. The van der Waals surface area contributed by atoms with Gasteiger partial charge in [-0.1, -0.05) is 40.2 Å². The largest absolute Gasteiger partial charge is 0.398 e. The predicted octanol–water partition coefficient (Wildman–Crippen LogP) is 3.45. The number of hydrogen-bond acceptors (Lipinski definition) is 2. The highest BCUT2D eigenvalue weighted by atomic mass is 79.9. The third-order valence-electron chi connectivity index (χ3n) is 3.70. The van der Waals surface area contributed by atoms with Gasteiger partial charge in [-0.15, -0.1) is 0 Å². The van der Waals surface area contributed by atoms with Crippen LogP contribution in [-0.2, 0) is 6.42 Å². The number of nitrogens with one attached hydrogen (secondary N) is 1. The monoisotopic (exact) mass is 330 g/mol. The third kappa shape index (κ3) is 2.43. The molecule has 0 heterocycles. The van der Waals surface area contributed by atoms with Gasteiger partial charge in [-0.25, -0.2) is 0 Å². The van der Waals surface area contributed by atoms with Crippen molar-refractivity contribution in [1.82, 2.24) is 5.32 Å². The smallest absolute Gasteiger partial charge is 0.253 e. The number of carbonyl (C=O) groups excluding carboxylic acids is 1. The maximum atomic E-state index is 12.3. The molecule has 1 atom stereocenters. The number of nitrogens with two attached hydrogens (primary N) is 1. The Balaban J connectivity index is 1.81.